The summed E-state index contributed by atoms with van der Waals surface area (Å²) >= 11 is 0. The molecule has 5 heteroatoms. The highest BCUT2D eigenvalue weighted by atomic mass is 16.5. The van der Waals surface area contributed by atoms with E-state index in [0.717, 1.165) is 23.6 Å². The van der Waals surface area contributed by atoms with Crippen molar-refractivity contribution in [2.45, 2.75) is 20.4 Å². The van der Waals surface area contributed by atoms with Crippen LogP contribution >= 0.6 is 0 Å². The average Bonchev–Trinajstić information content (AvgIpc) is 2.47. The van der Waals surface area contributed by atoms with E-state index in [-0.39, 0.29) is 0 Å². The highest BCUT2D eigenvalue weighted by Crippen LogP contribution is 2.19. The predicted molar refractivity (Wildman–Crippen MR) is 80.8 cm³/mol. The molecule has 0 spiro atoms. The summed E-state index contributed by atoms with van der Waals surface area (Å²) in [5.41, 5.74) is 7.86. The lowest BCUT2D eigenvalue weighted by Gasteiger charge is -2.22. The van der Waals surface area contributed by atoms with Crippen molar-refractivity contribution in [2.24, 2.45) is 0 Å². The molecule has 0 aliphatic heterocycles. The summed E-state index contributed by atoms with van der Waals surface area (Å²) in [6.07, 6.45) is 3.36. The van der Waals surface area contributed by atoms with E-state index in [1.165, 1.54) is 0 Å². The van der Waals surface area contributed by atoms with Gasteiger partial charge in [0, 0.05) is 18.8 Å². The number of nitrogens with zero attached hydrogens (tertiary/aromatic N) is 3. The van der Waals surface area contributed by atoms with Gasteiger partial charge < -0.3 is 15.4 Å². The summed E-state index contributed by atoms with van der Waals surface area (Å²) in [5.74, 6) is 1.34. The quantitative estimate of drug-likeness (QED) is 0.818. The zero-order valence-corrected chi connectivity index (χ0v) is 11.9. The lowest BCUT2D eigenvalue weighted by Crippen LogP contribution is -2.24. The van der Waals surface area contributed by atoms with Gasteiger partial charge in [0.05, 0.1) is 19.0 Å². The Labute approximate surface area is 119 Å². The Morgan fingerprint density at radius 2 is 2.00 bits per heavy atom. The van der Waals surface area contributed by atoms with Gasteiger partial charge in [0.15, 0.2) is 5.82 Å². The van der Waals surface area contributed by atoms with Gasteiger partial charge in [0.25, 0.3) is 0 Å². The Bertz CT molecular complexity index is 559. The highest BCUT2D eigenvalue weighted by Gasteiger charge is 2.10. The molecule has 0 bridgehead atoms. The maximum Gasteiger partial charge on any atom is 0.234 e. The maximum atomic E-state index is 5.99. The van der Waals surface area contributed by atoms with Crippen molar-refractivity contribution < 1.29 is 4.74 Å². The van der Waals surface area contributed by atoms with Crippen LogP contribution in [-0.2, 0) is 6.54 Å². The van der Waals surface area contributed by atoms with Crippen molar-refractivity contribution in [1.29, 1.82) is 0 Å². The highest BCUT2D eigenvalue weighted by molar-refractivity contribution is 5.49. The second kappa shape index (κ2) is 6.75. The van der Waals surface area contributed by atoms with Crippen LogP contribution in [0.1, 0.15) is 19.4 Å². The molecule has 0 unspecified atom stereocenters. The zero-order chi connectivity index (χ0) is 14.4. The van der Waals surface area contributed by atoms with Gasteiger partial charge in [-0.15, -0.1) is 0 Å². The van der Waals surface area contributed by atoms with Crippen molar-refractivity contribution >= 4 is 11.5 Å². The zero-order valence-electron chi connectivity index (χ0n) is 11.9. The molecule has 2 rings (SSSR count). The monoisotopic (exact) mass is 272 g/mol. The van der Waals surface area contributed by atoms with Crippen molar-refractivity contribution in [3.05, 3.63) is 42.2 Å². The summed E-state index contributed by atoms with van der Waals surface area (Å²) in [7, 11) is 0. The minimum atomic E-state index is 0.546. The second-order valence-corrected chi connectivity index (χ2v) is 4.36. The lowest BCUT2D eigenvalue weighted by atomic mass is 10.1. The Kier molecular flexibility index (Phi) is 4.76. The molecule has 0 saturated heterocycles. The first kappa shape index (κ1) is 14.1. The van der Waals surface area contributed by atoms with Gasteiger partial charge in [-0.3, -0.25) is 4.98 Å². The van der Waals surface area contributed by atoms with E-state index in [2.05, 4.69) is 21.8 Å². The molecule has 20 heavy (non-hydrogen) atoms. The topological polar surface area (TPSA) is 64.3 Å². The molecule has 5 nitrogen and oxygen atoms in total. The summed E-state index contributed by atoms with van der Waals surface area (Å²) in [6, 6.07) is 7.86. The average molecular weight is 272 g/mol. The fourth-order valence-electron chi connectivity index (χ4n) is 1.95. The number of benzene rings is 1. The molecular formula is C15H20N4O. The van der Waals surface area contributed by atoms with Crippen LogP contribution in [0.5, 0.6) is 5.88 Å². The first-order chi connectivity index (χ1) is 9.74. The predicted octanol–water partition coefficient (Wildman–Crippen LogP) is 2.48. The lowest BCUT2D eigenvalue weighted by molar-refractivity contribution is 0.325. The van der Waals surface area contributed by atoms with Gasteiger partial charge in [0.1, 0.15) is 0 Å². The number of ether oxygens (including phenoxy) is 1. The van der Waals surface area contributed by atoms with Crippen LogP contribution in [0.4, 0.5) is 11.5 Å². The summed E-state index contributed by atoms with van der Waals surface area (Å²) in [4.78, 5) is 10.7. The Balaban J connectivity index is 2.20. The summed E-state index contributed by atoms with van der Waals surface area (Å²) < 4.78 is 5.39. The van der Waals surface area contributed by atoms with Gasteiger partial charge >= 0.3 is 0 Å². The largest absolute Gasteiger partial charge is 0.477 e. The van der Waals surface area contributed by atoms with E-state index in [0.29, 0.717) is 19.0 Å². The molecular weight excluding hydrogens is 252 g/mol. The van der Waals surface area contributed by atoms with Gasteiger partial charge in [-0.25, -0.2) is 0 Å². The van der Waals surface area contributed by atoms with Crippen LogP contribution in [-0.4, -0.2) is 23.1 Å². The van der Waals surface area contributed by atoms with Crippen molar-refractivity contribution in [1.82, 2.24) is 9.97 Å². The number of hydrogen-bond acceptors (Lipinski definition) is 5. The molecule has 106 valence electrons. The first-order valence-electron chi connectivity index (χ1n) is 6.77. The molecule has 0 amide bonds. The van der Waals surface area contributed by atoms with Crippen molar-refractivity contribution in [2.75, 3.05) is 23.8 Å². The molecule has 0 atom stereocenters. The number of hydrogen-bond donors (Lipinski definition) is 1. The van der Waals surface area contributed by atoms with Crippen LogP contribution in [0.3, 0.4) is 0 Å². The third-order valence-corrected chi connectivity index (χ3v) is 3.01. The van der Waals surface area contributed by atoms with Crippen molar-refractivity contribution in [3.63, 3.8) is 0 Å². The molecule has 0 saturated carbocycles. The van der Waals surface area contributed by atoms with E-state index in [9.17, 15) is 0 Å². The molecule has 0 radical (unpaired) electrons. The summed E-state index contributed by atoms with van der Waals surface area (Å²) in [6.45, 7) is 6.10. The second-order valence-electron chi connectivity index (χ2n) is 4.36. The van der Waals surface area contributed by atoms with Crippen LogP contribution in [0.25, 0.3) is 0 Å². The standard InChI is InChI=1S/C15H20N4O/c1-3-19(11-12-7-5-6-8-13(12)16)14-9-17-10-15(18-14)20-4-2/h5-10H,3-4,11,16H2,1-2H3. The van der Waals surface area contributed by atoms with Crippen LogP contribution < -0.4 is 15.4 Å². The minimum Gasteiger partial charge on any atom is -0.477 e. The smallest absolute Gasteiger partial charge is 0.234 e. The van der Waals surface area contributed by atoms with Gasteiger partial charge in [-0.1, -0.05) is 18.2 Å². The van der Waals surface area contributed by atoms with E-state index >= 15 is 0 Å². The van der Waals surface area contributed by atoms with Crippen LogP contribution in [0, 0.1) is 0 Å². The Hall–Kier alpha value is -2.30. The fraction of sp³-hybridized carbons (Fsp3) is 0.333. The molecule has 2 N–H and O–H groups in total. The number of nitrogens with two attached hydrogens (primary N) is 1. The Morgan fingerprint density at radius 3 is 2.70 bits per heavy atom. The number of para-hydroxylation sites is 1. The van der Waals surface area contributed by atoms with Crippen LogP contribution in [0.15, 0.2) is 36.7 Å². The van der Waals surface area contributed by atoms with Gasteiger partial charge in [0.2, 0.25) is 5.88 Å². The molecule has 1 aromatic carbocycles. The summed E-state index contributed by atoms with van der Waals surface area (Å²) in [5, 5.41) is 0. The normalized spacial score (nSPS) is 10.3. The number of nitrogen functional groups attached to an aromatic ring is 1. The third kappa shape index (κ3) is 3.38. The first-order valence-corrected chi connectivity index (χ1v) is 6.77. The van der Waals surface area contributed by atoms with Crippen LogP contribution in [0.2, 0.25) is 0 Å². The molecule has 0 aliphatic rings. The molecule has 1 aromatic heterocycles. The maximum absolute atomic E-state index is 5.99. The number of rotatable bonds is 6. The van der Waals surface area contributed by atoms with Gasteiger partial charge in [-0.05, 0) is 25.5 Å². The SMILES string of the molecule is CCOc1cncc(N(CC)Cc2ccccc2N)n1. The van der Waals surface area contributed by atoms with Crippen molar-refractivity contribution in [3.8, 4) is 5.88 Å². The van der Waals surface area contributed by atoms with Gasteiger partial charge in [-0.2, -0.15) is 4.98 Å². The fourth-order valence-corrected chi connectivity index (χ4v) is 1.95. The molecule has 2 aromatic rings. The van der Waals surface area contributed by atoms with E-state index in [1.54, 1.807) is 12.4 Å². The van der Waals surface area contributed by atoms with E-state index in [4.69, 9.17) is 10.5 Å². The third-order valence-electron chi connectivity index (χ3n) is 3.01. The number of anilines is 2. The Morgan fingerprint density at radius 1 is 1.20 bits per heavy atom. The molecule has 0 aliphatic carbocycles. The number of aromatic nitrogens is 2. The van der Waals surface area contributed by atoms with E-state index in [1.807, 2.05) is 31.2 Å². The minimum absolute atomic E-state index is 0.546. The molecule has 1 heterocycles. The van der Waals surface area contributed by atoms with E-state index < -0.39 is 0 Å². The molecule has 0 fully saturated rings.